The summed E-state index contributed by atoms with van der Waals surface area (Å²) in [5, 5.41) is 3.69. The summed E-state index contributed by atoms with van der Waals surface area (Å²) in [5.74, 6) is -3.79. The minimum atomic E-state index is -0.818. The van der Waals surface area contributed by atoms with Crippen molar-refractivity contribution in [1.29, 1.82) is 0 Å². The van der Waals surface area contributed by atoms with Crippen molar-refractivity contribution < 1.29 is 51.9 Å². The van der Waals surface area contributed by atoms with Gasteiger partial charge in [-0.2, -0.15) is 0 Å². The van der Waals surface area contributed by atoms with Gasteiger partial charge in [0.15, 0.2) is 0 Å². The molecule has 2 heterocycles. The maximum atomic E-state index is 12.8. The summed E-state index contributed by atoms with van der Waals surface area (Å²) >= 11 is 0. The standard InChI is InChI=1S/C17H20N2O4.2CH4.CH3.Y/c1-6-7(2)17(4)9-8(12(20)18-13(9)21)16(6,3)10-11(17)15(23)19(5)14(10)22;;;;/h8-11H,1-5H3,(H,18,20,21);2*1H4;1H3;/q;;;-1;/p-1. The Morgan fingerprint density at radius 1 is 0.778 bits per heavy atom. The predicted molar refractivity (Wildman–Crippen MR) is 99.6 cm³/mol. The van der Waals surface area contributed by atoms with Crippen LogP contribution < -0.4 is 0 Å². The van der Waals surface area contributed by atoms with Crippen LogP contribution in [0, 0.1) is 41.9 Å². The van der Waals surface area contributed by atoms with E-state index in [0.717, 1.165) is 11.1 Å². The number of hydrogen-bond acceptors (Lipinski definition) is 4. The number of rotatable bonds is 0. The van der Waals surface area contributed by atoms with Gasteiger partial charge in [-0.25, -0.2) is 0 Å². The quantitative estimate of drug-likeness (QED) is 0.322. The van der Waals surface area contributed by atoms with Crippen molar-refractivity contribution in [2.45, 2.75) is 42.5 Å². The van der Waals surface area contributed by atoms with Crippen LogP contribution >= 0.6 is 0 Å². The summed E-state index contributed by atoms with van der Waals surface area (Å²) in [6, 6.07) is 0. The molecule has 1 radical (unpaired) electrons. The van der Waals surface area contributed by atoms with Gasteiger partial charge in [0.2, 0.25) is 11.8 Å². The molecule has 6 nitrogen and oxygen atoms in total. The first kappa shape index (κ1) is 26.1. The Morgan fingerprint density at radius 3 is 1.37 bits per heavy atom. The summed E-state index contributed by atoms with van der Waals surface area (Å²) in [4.78, 5) is 51.6. The average Bonchev–Trinajstić information content (AvgIpc) is 2.92. The van der Waals surface area contributed by atoms with Crippen LogP contribution in [0.15, 0.2) is 11.1 Å². The second-order valence-electron chi connectivity index (χ2n) is 7.75. The minimum Gasteiger partial charge on any atom is -0.595 e. The van der Waals surface area contributed by atoms with E-state index in [0.29, 0.717) is 0 Å². The van der Waals surface area contributed by atoms with Gasteiger partial charge in [-0.1, -0.05) is 39.8 Å². The van der Waals surface area contributed by atoms with Crippen LogP contribution in [0.5, 0.6) is 0 Å². The number of likely N-dealkylation sites (tertiary alicyclic amines) is 1. The van der Waals surface area contributed by atoms with E-state index in [1.807, 2.05) is 27.7 Å². The molecule has 0 spiro atoms. The molecule has 2 aliphatic heterocycles. The van der Waals surface area contributed by atoms with E-state index >= 15 is 0 Å². The molecule has 3 fully saturated rings. The van der Waals surface area contributed by atoms with E-state index in [1.54, 1.807) is 0 Å². The van der Waals surface area contributed by atoms with Gasteiger partial charge in [0.25, 0.3) is 0 Å². The largest absolute Gasteiger partial charge is 0.595 e. The summed E-state index contributed by atoms with van der Waals surface area (Å²) in [6.07, 6.45) is 0. The monoisotopic (exact) mass is 451 g/mol. The van der Waals surface area contributed by atoms with Gasteiger partial charge < -0.3 is 22.3 Å². The second-order valence-corrected chi connectivity index (χ2v) is 7.75. The molecule has 2 saturated heterocycles. The summed E-state index contributed by atoms with van der Waals surface area (Å²) in [5.41, 5.74) is 0.275. The van der Waals surface area contributed by atoms with E-state index in [9.17, 15) is 19.2 Å². The molecule has 7 heteroatoms. The maximum absolute atomic E-state index is 12.8. The van der Waals surface area contributed by atoms with Gasteiger partial charge in [-0.05, 0) is 13.8 Å². The number of carbonyl (C=O) groups is 4. The van der Waals surface area contributed by atoms with E-state index in [2.05, 4.69) is 5.32 Å². The van der Waals surface area contributed by atoms with Crippen LogP contribution in [0.1, 0.15) is 42.5 Å². The van der Waals surface area contributed by atoms with Crippen LogP contribution in [0.2, 0.25) is 0 Å². The number of carbonyl (C=O) groups excluding carboxylic acids is 4. The van der Waals surface area contributed by atoms with Crippen molar-refractivity contribution in [2.24, 2.45) is 34.5 Å². The number of nitrogens with zero attached hydrogens (tertiary/aromatic N) is 2. The molecular weight excluding hydrogens is 421 g/mol. The molecule has 0 aromatic heterocycles. The fraction of sp³-hybridized carbons (Fsp3) is 0.650. The smallest absolute Gasteiger partial charge is 0.233 e. The Kier molecular flexibility index (Phi) is 6.95. The Hall–Kier alpha value is -0.876. The zero-order valence-electron chi connectivity index (χ0n) is 15.4. The van der Waals surface area contributed by atoms with Crippen LogP contribution in [0.25, 0.3) is 5.32 Å². The Morgan fingerprint density at radius 2 is 1.07 bits per heavy atom. The molecule has 4 amide bonds. The van der Waals surface area contributed by atoms with Crippen molar-refractivity contribution in [2.75, 3.05) is 7.05 Å². The molecule has 6 atom stereocenters. The van der Waals surface area contributed by atoms with Gasteiger partial charge in [0.05, 0.1) is 23.7 Å². The second kappa shape index (κ2) is 7.18. The molecule has 3 aliphatic carbocycles. The fourth-order valence-electron chi connectivity index (χ4n) is 5.88. The first-order valence-corrected chi connectivity index (χ1v) is 7.88. The first-order chi connectivity index (χ1) is 10.6. The molecule has 0 N–H and O–H groups in total. The van der Waals surface area contributed by atoms with Crippen LogP contribution in [-0.2, 0) is 51.9 Å². The van der Waals surface area contributed by atoms with Gasteiger partial charge in [0, 0.05) is 62.4 Å². The van der Waals surface area contributed by atoms with Gasteiger partial charge in [-0.3, -0.25) is 14.5 Å². The van der Waals surface area contributed by atoms with Crippen molar-refractivity contribution >= 4 is 23.6 Å². The Bertz CT molecular complexity index is 701. The van der Waals surface area contributed by atoms with Gasteiger partial charge in [-0.15, -0.1) is 0 Å². The van der Waals surface area contributed by atoms with E-state index in [-0.39, 0.29) is 66.8 Å². The number of hydrogen-bond donors (Lipinski definition) is 0. The third kappa shape index (κ3) is 2.38. The molecule has 5 rings (SSSR count). The summed E-state index contributed by atoms with van der Waals surface area (Å²) in [7, 11) is 1.49. The predicted octanol–water partition coefficient (Wildman–Crippen LogP) is 2.99. The molecule has 0 aromatic rings. The number of allylic oxidation sites excluding steroid dienone is 2. The van der Waals surface area contributed by atoms with E-state index in [4.69, 9.17) is 0 Å². The van der Waals surface area contributed by atoms with Crippen LogP contribution in [0.3, 0.4) is 0 Å². The van der Waals surface area contributed by atoms with Crippen LogP contribution in [-0.4, -0.2) is 35.6 Å². The van der Waals surface area contributed by atoms with E-state index in [1.165, 1.54) is 11.9 Å². The number of amides is 4. The maximum Gasteiger partial charge on any atom is 0.233 e. The van der Waals surface area contributed by atoms with E-state index < -0.39 is 46.3 Å². The summed E-state index contributed by atoms with van der Waals surface area (Å²) in [6.45, 7) is 7.56. The number of imide groups is 2. The van der Waals surface area contributed by atoms with Crippen molar-refractivity contribution in [3.05, 3.63) is 23.9 Å². The molecule has 27 heavy (non-hydrogen) atoms. The third-order valence-corrected chi connectivity index (χ3v) is 7.38. The topological polar surface area (TPSA) is 85.6 Å². The molecule has 5 aliphatic rings. The average molecular weight is 451 g/mol. The van der Waals surface area contributed by atoms with Gasteiger partial charge in [0.1, 0.15) is 0 Å². The first-order valence-electron chi connectivity index (χ1n) is 7.88. The van der Waals surface area contributed by atoms with Crippen molar-refractivity contribution in [1.82, 2.24) is 4.90 Å². The molecule has 6 unspecified atom stereocenters. The fourth-order valence-corrected chi connectivity index (χ4v) is 5.88. The van der Waals surface area contributed by atoms with Crippen molar-refractivity contribution in [3.8, 4) is 0 Å². The molecular formula is C20H30N2O4Y-2. The van der Waals surface area contributed by atoms with Gasteiger partial charge >= 0.3 is 0 Å². The molecule has 149 valence electrons. The third-order valence-electron chi connectivity index (χ3n) is 7.38. The SMILES string of the molecule is C.C.CC1=C(C)C2(C)C3C(=O)[N-]C(=O)C3C1(C)C1C(=O)N(C)C(=O)C12.[CH3-].[Y]. The zero-order valence-corrected chi connectivity index (χ0v) is 18.3. The van der Waals surface area contributed by atoms with Crippen LogP contribution in [0.4, 0.5) is 0 Å². The zero-order chi connectivity index (χ0) is 17.1. The molecule has 0 aromatic carbocycles. The summed E-state index contributed by atoms with van der Waals surface area (Å²) < 4.78 is 0. The van der Waals surface area contributed by atoms with Crippen molar-refractivity contribution in [3.63, 3.8) is 0 Å². The minimum absolute atomic E-state index is 0. The Balaban J connectivity index is 0.00000169. The molecule has 2 bridgehead atoms. The normalized spacial score (nSPS) is 41.0. The molecule has 1 saturated carbocycles. The Labute approximate surface area is 187 Å².